The van der Waals surface area contributed by atoms with Crippen LogP contribution in [0.5, 0.6) is 0 Å². The third-order valence-electron chi connectivity index (χ3n) is 0. The predicted octanol–water partition coefficient (Wildman–Crippen LogP) is 1.95. The summed E-state index contributed by atoms with van der Waals surface area (Å²) in [6.07, 6.45) is 0. The summed E-state index contributed by atoms with van der Waals surface area (Å²) in [5.74, 6) is 0. The topological polar surface area (TPSA) is 0 Å². The first kappa shape index (κ1) is 3.48. The summed E-state index contributed by atoms with van der Waals surface area (Å²) in [5.41, 5.74) is 0. The fourth-order valence-electron chi connectivity index (χ4n) is 0. The molecule has 0 aliphatic rings. The van der Waals surface area contributed by atoms with Crippen molar-refractivity contribution in [1.29, 1.82) is 1.28 Å². The highest BCUT2D eigenvalue weighted by Crippen LogP contribution is 2.48. The summed E-state index contributed by atoms with van der Waals surface area (Å²) in [4.78, 5) is 0. The Bertz CT molecular complexity index is 20.9. The van der Waals surface area contributed by atoms with E-state index in [0.717, 1.165) is 8.87 Å². The van der Waals surface area contributed by atoms with Crippen LogP contribution in [0, 0.1) is 0 Å². The van der Waals surface area contributed by atoms with E-state index in [1.807, 2.05) is 0 Å². The molecule has 0 aliphatic heterocycles. The van der Waals surface area contributed by atoms with E-state index in [9.17, 15) is 0 Å². The molecule has 0 aromatic carbocycles. The Kier molecular flexibility index (Phi) is 2.19. The van der Waals surface area contributed by atoms with E-state index in [4.69, 9.17) is 1.28 Å². The van der Waals surface area contributed by atoms with Gasteiger partial charge in [0, 0.05) is 0 Å². The molecule has 0 saturated heterocycles. The van der Waals surface area contributed by atoms with E-state index in [2.05, 4.69) is 15.6 Å². The van der Waals surface area contributed by atoms with Crippen LogP contribution in [0.4, 0.5) is 0 Å². The Morgan fingerprint density at radius 2 is 2.75 bits per heavy atom. The molecule has 0 fully saturated rings. The minimum atomic E-state index is -0.0427. The molecular formula is CH6P3-. The Hall–Kier alpha value is 1.29. The second-order valence-corrected chi connectivity index (χ2v) is 7.24. The second-order valence-electron chi connectivity index (χ2n) is 0.574. The van der Waals surface area contributed by atoms with Gasteiger partial charge in [0.1, 0.15) is 0 Å². The summed E-state index contributed by atoms with van der Waals surface area (Å²) in [5, 5.41) is 0. The number of hydrogen-bond acceptors (Lipinski definition) is 0. The molecule has 0 aliphatic carbocycles. The monoisotopic (exact) mass is 113 g/mol. The smallest absolute Gasteiger partial charge is 0.0682 e. The van der Waals surface area contributed by atoms with Crippen LogP contribution in [0.15, 0.2) is 0 Å². The van der Waals surface area contributed by atoms with Crippen molar-refractivity contribution in [3.63, 3.8) is 0 Å². The van der Waals surface area contributed by atoms with E-state index in [1.54, 1.807) is 0 Å². The van der Waals surface area contributed by atoms with Crippen LogP contribution in [0.25, 0.3) is 0 Å². The van der Waals surface area contributed by atoms with Crippen LogP contribution in [0.2, 0.25) is 0 Å². The normalized spacial score (nSPS) is 22.0. The summed E-state index contributed by atoms with van der Waals surface area (Å²) in [7, 11) is 3.33. The van der Waals surface area contributed by atoms with Crippen molar-refractivity contribution >= 4 is 25.1 Å². The predicted molar refractivity (Wildman–Crippen MR) is 30.9 cm³/mol. The molecule has 0 rings (SSSR count). The maximum absolute atomic E-state index is 6.64. The van der Waals surface area contributed by atoms with E-state index in [0.29, 0.717) is 0 Å². The second kappa shape index (κ2) is 2.52. The molecule has 0 N–H and O–H groups in total. The van der Waals surface area contributed by atoms with Crippen molar-refractivity contribution in [2.75, 3.05) is 6.66 Å². The van der Waals surface area contributed by atoms with Gasteiger partial charge in [-0.1, -0.05) is 6.66 Å². The molecule has 0 bridgehead atoms. The van der Waals surface area contributed by atoms with Crippen LogP contribution in [0.3, 0.4) is 0 Å². The van der Waals surface area contributed by atoms with Gasteiger partial charge in [-0.05, 0) is 0 Å². The molecule has 0 saturated carbocycles. The van der Waals surface area contributed by atoms with E-state index in [1.165, 1.54) is 0 Å². The summed E-state index contributed by atoms with van der Waals surface area (Å²) >= 11 is 0. The number of rotatable bonds is 1. The van der Waals surface area contributed by atoms with Gasteiger partial charge in [-0.25, -0.2) is 1.28 Å². The van der Waals surface area contributed by atoms with Gasteiger partial charge in [0.2, 0.25) is 0 Å². The molecule has 0 nitrogen and oxygen atoms in total. The lowest BCUT2D eigenvalue weighted by molar-refractivity contribution is 2.50. The molecule has 0 spiro atoms. The highest BCUT2D eigenvalue weighted by Gasteiger charge is 1.49. The Balaban J connectivity index is 2.54. The van der Waals surface area contributed by atoms with Gasteiger partial charge in [-0.2, -0.15) is 0 Å². The molecule has 2 atom stereocenters. The highest BCUT2D eigenvalue weighted by molar-refractivity contribution is 8.43. The molecular weight excluding hydrogens is 105 g/mol. The van der Waals surface area contributed by atoms with Crippen molar-refractivity contribution in [3.05, 3.63) is 0 Å². The average molecular weight is 113 g/mol. The van der Waals surface area contributed by atoms with Crippen molar-refractivity contribution in [2.24, 2.45) is 0 Å². The van der Waals surface area contributed by atoms with E-state index in [-0.39, 0.29) is 7.30 Å². The van der Waals surface area contributed by atoms with Gasteiger partial charge in [0.15, 0.2) is 0 Å². The number of hydrogen-bond donors (Lipinski definition) is 0. The van der Waals surface area contributed by atoms with Crippen molar-refractivity contribution in [2.45, 2.75) is 0 Å². The minimum Gasteiger partial charge on any atom is -0.522 e. The molecule has 26 valence electrons. The SMILES string of the molecule is [3H][P-]P(C)P. The summed E-state index contributed by atoms with van der Waals surface area (Å²) in [6.45, 7) is 2.05. The molecule has 3 heteroatoms. The standard InChI is InChI=1S/CH6P3/c1-4(2)3/h2H,3H2,1H3/q-1/i2T. The molecule has 4 heavy (non-hydrogen) atoms. The lowest BCUT2D eigenvalue weighted by Crippen LogP contribution is -1.16. The van der Waals surface area contributed by atoms with Crippen LogP contribution in [-0.2, 0) is 0 Å². The minimum absolute atomic E-state index is 0.0427. The van der Waals surface area contributed by atoms with Gasteiger partial charge in [0.05, 0.1) is 0 Å². The average Bonchev–Trinajstić information content (AvgIpc) is 1.38. The Labute approximate surface area is 34.0 Å². The van der Waals surface area contributed by atoms with Gasteiger partial charge in [0.25, 0.3) is 0 Å². The van der Waals surface area contributed by atoms with E-state index < -0.39 is 0 Å². The lowest BCUT2D eigenvalue weighted by atomic mass is 12.0. The first-order valence-corrected chi connectivity index (χ1v) is 5.47. The van der Waals surface area contributed by atoms with Crippen LogP contribution in [0.1, 0.15) is 0 Å². The zero-order valence-corrected chi connectivity index (χ0v) is 5.42. The van der Waals surface area contributed by atoms with Crippen LogP contribution < -0.4 is 0 Å². The molecule has 2 unspecified atom stereocenters. The molecule has 0 amide bonds. The zero-order chi connectivity index (χ0) is 4.28. The summed E-state index contributed by atoms with van der Waals surface area (Å²) < 4.78 is 6.64. The maximum atomic E-state index is 6.64. The fraction of sp³-hybridized carbons (Fsp3) is 1.00. The van der Waals surface area contributed by atoms with Gasteiger partial charge < -0.3 is 8.87 Å². The molecule has 0 heterocycles. The Morgan fingerprint density at radius 3 is 2.75 bits per heavy atom. The van der Waals surface area contributed by atoms with Crippen LogP contribution >= 0.6 is 25.1 Å². The zero-order valence-electron chi connectivity index (χ0n) is 3.47. The highest BCUT2D eigenvalue weighted by atomic mass is 32.4. The Morgan fingerprint density at radius 1 is 2.50 bits per heavy atom. The third-order valence-corrected chi connectivity index (χ3v) is 0. The van der Waals surface area contributed by atoms with Crippen molar-refractivity contribution in [3.8, 4) is 0 Å². The van der Waals surface area contributed by atoms with Crippen molar-refractivity contribution in [1.82, 2.24) is 0 Å². The molecule has 0 radical (unpaired) electrons. The van der Waals surface area contributed by atoms with Gasteiger partial charge in [-0.3, -0.25) is 7.30 Å². The third kappa shape index (κ3) is 10.4. The van der Waals surface area contributed by atoms with Crippen LogP contribution in [-0.4, -0.2) is 7.94 Å². The van der Waals surface area contributed by atoms with Crippen molar-refractivity contribution < 1.29 is 0 Å². The largest absolute Gasteiger partial charge is 0.522 e. The first-order chi connectivity index (χ1) is 2.27. The first-order valence-electron chi connectivity index (χ1n) is 1.35. The lowest BCUT2D eigenvalue weighted by Gasteiger charge is -1.99. The molecule has 0 aromatic heterocycles. The fourth-order valence-corrected chi connectivity index (χ4v) is 0. The van der Waals surface area contributed by atoms with E-state index >= 15 is 0 Å². The molecule has 0 aromatic rings. The summed E-state index contributed by atoms with van der Waals surface area (Å²) in [6, 6.07) is 0. The van der Waals surface area contributed by atoms with Gasteiger partial charge >= 0.3 is 0 Å². The quantitative estimate of drug-likeness (QED) is 0.456. The maximum Gasteiger partial charge on any atom is -0.0682 e. The van der Waals surface area contributed by atoms with Gasteiger partial charge in [-0.15, -0.1) is 8.93 Å².